The van der Waals surface area contributed by atoms with Gasteiger partial charge >= 0.3 is 0 Å². The molecule has 1 unspecified atom stereocenters. The number of carbonyl (C=O) groups is 1. The number of aldehydes is 1. The molecule has 2 heteroatoms. The molecular formula is C9H11NO. The lowest BCUT2D eigenvalue weighted by Gasteiger charge is -2.14. The SMILES string of the molecule is C=NC1=C(C=O)C(C)CC=C1. The average molecular weight is 149 g/mol. The first-order valence-electron chi connectivity index (χ1n) is 3.62. The van der Waals surface area contributed by atoms with Crippen LogP contribution in [0.15, 0.2) is 28.4 Å². The molecule has 2 nitrogen and oxygen atoms in total. The minimum absolute atomic E-state index is 0.290. The Morgan fingerprint density at radius 3 is 3.00 bits per heavy atom. The fourth-order valence-electron chi connectivity index (χ4n) is 1.18. The molecule has 0 bridgehead atoms. The molecule has 1 rings (SSSR count). The second kappa shape index (κ2) is 3.28. The van der Waals surface area contributed by atoms with Gasteiger partial charge in [0.2, 0.25) is 0 Å². The van der Waals surface area contributed by atoms with Crippen molar-refractivity contribution in [2.45, 2.75) is 13.3 Å². The van der Waals surface area contributed by atoms with E-state index in [0.717, 1.165) is 24.0 Å². The van der Waals surface area contributed by atoms with Gasteiger partial charge in [0, 0.05) is 5.57 Å². The van der Waals surface area contributed by atoms with Gasteiger partial charge in [-0.1, -0.05) is 13.0 Å². The van der Waals surface area contributed by atoms with E-state index in [1.165, 1.54) is 0 Å². The van der Waals surface area contributed by atoms with Gasteiger partial charge in [-0.2, -0.15) is 0 Å². The van der Waals surface area contributed by atoms with Crippen LogP contribution < -0.4 is 0 Å². The summed E-state index contributed by atoms with van der Waals surface area (Å²) in [4.78, 5) is 14.3. The first kappa shape index (κ1) is 7.92. The summed E-state index contributed by atoms with van der Waals surface area (Å²) in [6.45, 7) is 5.41. The third-order valence-corrected chi connectivity index (χ3v) is 1.89. The Bertz CT molecular complexity index is 238. The maximum atomic E-state index is 10.6. The minimum atomic E-state index is 0.290. The molecule has 0 aliphatic heterocycles. The summed E-state index contributed by atoms with van der Waals surface area (Å²) in [6, 6.07) is 0. The molecule has 0 spiro atoms. The van der Waals surface area contributed by atoms with Crippen LogP contribution in [0.1, 0.15) is 13.3 Å². The molecule has 1 aliphatic rings. The number of rotatable bonds is 2. The molecule has 1 atom stereocenters. The first-order chi connectivity index (χ1) is 5.29. The van der Waals surface area contributed by atoms with Crippen molar-refractivity contribution in [2.75, 3.05) is 0 Å². The first-order valence-corrected chi connectivity index (χ1v) is 3.62. The van der Waals surface area contributed by atoms with Crippen molar-refractivity contribution in [1.82, 2.24) is 0 Å². The van der Waals surface area contributed by atoms with Crippen molar-refractivity contribution >= 4 is 13.0 Å². The van der Waals surface area contributed by atoms with Gasteiger partial charge in [0.25, 0.3) is 0 Å². The van der Waals surface area contributed by atoms with Gasteiger partial charge in [-0.05, 0) is 25.1 Å². The molecular weight excluding hydrogens is 138 g/mol. The van der Waals surface area contributed by atoms with E-state index in [1.807, 2.05) is 19.1 Å². The molecule has 0 aromatic carbocycles. The summed E-state index contributed by atoms with van der Waals surface area (Å²) in [5, 5.41) is 0. The van der Waals surface area contributed by atoms with Crippen molar-refractivity contribution < 1.29 is 4.79 Å². The summed E-state index contributed by atoms with van der Waals surface area (Å²) >= 11 is 0. The lowest BCUT2D eigenvalue weighted by atomic mass is 9.92. The largest absolute Gasteiger partial charge is 0.298 e. The smallest absolute Gasteiger partial charge is 0.148 e. The Balaban J connectivity index is 3.04. The summed E-state index contributed by atoms with van der Waals surface area (Å²) in [5.41, 5.74) is 1.49. The third kappa shape index (κ3) is 1.45. The van der Waals surface area contributed by atoms with E-state index < -0.39 is 0 Å². The van der Waals surface area contributed by atoms with Crippen LogP contribution in [0.3, 0.4) is 0 Å². The van der Waals surface area contributed by atoms with Crippen molar-refractivity contribution in [3.8, 4) is 0 Å². The van der Waals surface area contributed by atoms with Gasteiger partial charge in [0.1, 0.15) is 6.29 Å². The van der Waals surface area contributed by atoms with Crippen LogP contribution in [0.5, 0.6) is 0 Å². The molecule has 58 valence electrons. The summed E-state index contributed by atoms with van der Waals surface area (Å²) < 4.78 is 0. The number of aliphatic imine (C=N–C) groups is 1. The maximum Gasteiger partial charge on any atom is 0.148 e. The van der Waals surface area contributed by atoms with Gasteiger partial charge in [-0.25, -0.2) is 0 Å². The second-order valence-corrected chi connectivity index (χ2v) is 2.66. The van der Waals surface area contributed by atoms with Crippen molar-refractivity contribution in [2.24, 2.45) is 10.9 Å². The molecule has 0 fully saturated rings. The van der Waals surface area contributed by atoms with Crippen molar-refractivity contribution in [3.63, 3.8) is 0 Å². The quantitative estimate of drug-likeness (QED) is 0.434. The average Bonchev–Trinajstić information content (AvgIpc) is 2.04. The number of hydrogen-bond acceptors (Lipinski definition) is 2. The molecule has 0 radical (unpaired) electrons. The Morgan fingerprint density at radius 1 is 1.82 bits per heavy atom. The van der Waals surface area contributed by atoms with E-state index in [-0.39, 0.29) is 5.92 Å². The predicted octanol–water partition coefficient (Wildman–Crippen LogP) is 1.74. The van der Waals surface area contributed by atoms with Crippen molar-refractivity contribution in [1.29, 1.82) is 0 Å². The van der Waals surface area contributed by atoms with Crippen LogP contribution in [0.4, 0.5) is 0 Å². The monoisotopic (exact) mass is 149 g/mol. The zero-order valence-electron chi connectivity index (χ0n) is 6.58. The Morgan fingerprint density at radius 2 is 2.55 bits per heavy atom. The Kier molecular flexibility index (Phi) is 2.36. The molecule has 11 heavy (non-hydrogen) atoms. The standard InChI is InChI=1S/C9H11NO/c1-7-4-3-5-9(10-2)8(7)6-11/h3,5-7H,2,4H2,1H3. The molecule has 0 saturated carbocycles. The van der Waals surface area contributed by atoms with E-state index >= 15 is 0 Å². The molecule has 0 aromatic heterocycles. The van der Waals surface area contributed by atoms with Gasteiger partial charge in [0.15, 0.2) is 0 Å². The van der Waals surface area contributed by atoms with Crippen molar-refractivity contribution in [3.05, 3.63) is 23.4 Å². The van der Waals surface area contributed by atoms with E-state index in [2.05, 4.69) is 11.7 Å². The highest BCUT2D eigenvalue weighted by Gasteiger charge is 2.13. The fraction of sp³-hybridized carbons (Fsp3) is 0.333. The van der Waals surface area contributed by atoms with Gasteiger partial charge in [0.05, 0.1) is 5.70 Å². The zero-order chi connectivity index (χ0) is 8.27. The highest BCUT2D eigenvalue weighted by Crippen LogP contribution is 2.23. The van der Waals surface area contributed by atoms with Crippen LogP contribution in [-0.2, 0) is 4.79 Å². The molecule has 0 N–H and O–H groups in total. The highest BCUT2D eigenvalue weighted by atomic mass is 16.1. The number of hydrogen-bond donors (Lipinski definition) is 0. The van der Waals surface area contributed by atoms with Crippen LogP contribution in [-0.4, -0.2) is 13.0 Å². The molecule has 0 saturated heterocycles. The normalized spacial score (nSPS) is 23.5. The lowest BCUT2D eigenvalue weighted by Crippen LogP contribution is -2.05. The minimum Gasteiger partial charge on any atom is -0.298 e. The molecule has 0 amide bonds. The fourth-order valence-corrected chi connectivity index (χ4v) is 1.18. The van der Waals surface area contributed by atoms with E-state index in [1.54, 1.807) is 0 Å². The van der Waals surface area contributed by atoms with Crippen LogP contribution >= 0.6 is 0 Å². The Hall–Kier alpha value is -1.18. The van der Waals surface area contributed by atoms with Crippen LogP contribution in [0.2, 0.25) is 0 Å². The van der Waals surface area contributed by atoms with E-state index in [4.69, 9.17) is 0 Å². The Labute approximate surface area is 66.3 Å². The van der Waals surface area contributed by atoms with Crippen LogP contribution in [0, 0.1) is 5.92 Å². The second-order valence-electron chi connectivity index (χ2n) is 2.66. The number of nitrogens with zero attached hydrogens (tertiary/aromatic N) is 1. The van der Waals surface area contributed by atoms with Gasteiger partial charge < -0.3 is 0 Å². The number of allylic oxidation sites excluding steroid dienone is 3. The summed E-state index contributed by atoms with van der Waals surface area (Å²) in [7, 11) is 0. The summed E-state index contributed by atoms with van der Waals surface area (Å²) in [6.07, 6.45) is 5.66. The van der Waals surface area contributed by atoms with Crippen LogP contribution in [0.25, 0.3) is 0 Å². The zero-order valence-corrected chi connectivity index (χ0v) is 6.58. The maximum absolute atomic E-state index is 10.6. The van der Waals surface area contributed by atoms with E-state index in [9.17, 15) is 4.79 Å². The lowest BCUT2D eigenvalue weighted by molar-refractivity contribution is -0.105. The topological polar surface area (TPSA) is 29.4 Å². The highest BCUT2D eigenvalue weighted by molar-refractivity contribution is 5.77. The molecule has 0 heterocycles. The van der Waals surface area contributed by atoms with Gasteiger partial charge in [-0.15, -0.1) is 0 Å². The number of carbonyl (C=O) groups excluding carboxylic acids is 1. The van der Waals surface area contributed by atoms with E-state index in [0.29, 0.717) is 0 Å². The molecule has 1 aliphatic carbocycles. The predicted molar refractivity (Wildman–Crippen MR) is 45.6 cm³/mol. The third-order valence-electron chi connectivity index (χ3n) is 1.89. The molecule has 0 aromatic rings. The van der Waals surface area contributed by atoms with Gasteiger partial charge in [-0.3, -0.25) is 9.79 Å². The summed E-state index contributed by atoms with van der Waals surface area (Å²) in [5.74, 6) is 0.290.